The van der Waals surface area contributed by atoms with E-state index in [1.54, 1.807) is 16.2 Å². The van der Waals surface area contributed by atoms with E-state index in [9.17, 15) is 0 Å². The van der Waals surface area contributed by atoms with Crippen LogP contribution >= 0.6 is 23.5 Å². The average molecular weight is 489 g/mol. The van der Waals surface area contributed by atoms with Gasteiger partial charge in [0.05, 0.1) is 8.07 Å². The maximum Gasteiger partial charge on any atom is 0.0566 e. The summed E-state index contributed by atoms with van der Waals surface area (Å²) < 4.78 is 0. The van der Waals surface area contributed by atoms with Crippen molar-refractivity contribution < 1.29 is 0 Å². The highest BCUT2D eigenvalue weighted by Crippen LogP contribution is 2.69. The van der Waals surface area contributed by atoms with E-state index in [0.717, 1.165) is 74.8 Å². The summed E-state index contributed by atoms with van der Waals surface area (Å²) in [4.78, 5) is 3.23. The summed E-state index contributed by atoms with van der Waals surface area (Å²) in [5.74, 6) is 8.24. The van der Waals surface area contributed by atoms with E-state index in [4.69, 9.17) is 0 Å². The number of thioether (sulfide) groups is 2. The zero-order chi connectivity index (χ0) is 23.1. The summed E-state index contributed by atoms with van der Waals surface area (Å²) >= 11 is 4.57. The smallest absolute Gasteiger partial charge is 0.0566 e. The molecule has 5 aliphatic rings. The fraction of sp³-hybridized carbons (Fsp3) is 0.862. The van der Waals surface area contributed by atoms with Gasteiger partial charge in [0.25, 0.3) is 0 Å². The van der Waals surface area contributed by atoms with Crippen LogP contribution in [0, 0.1) is 53.3 Å². The van der Waals surface area contributed by atoms with Gasteiger partial charge in [0, 0.05) is 10.5 Å². The Morgan fingerprint density at radius 2 is 1.34 bits per heavy atom. The largest absolute Gasteiger partial charge is 0.127 e. The topological polar surface area (TPSA) is 0 Å². The van der Waals surface area contributed by atoms with Crippen molar-refractivity contribution in [2.75, 3.05) is 0 Å². The molecule has 3 saturated carbocycles. The van der Waals surface area contributed by atoms with Crippen LogP contribution in [0.3, 0.4) is 0 Å². The molecule has 0 aromatic carbocycles. The van der Waals surface area contributed by atoms with E-state index in [1.807, 2.05) is 0 Å². The number of allylic oxidation sites excluding steroid dienone is 4. The second-order valence-corrected chi connectivity index (χ2v) is 21.5. The Balaban J connectivity index is 1.49. The molecular weight excluding hydrogens is 441 g/mol. The molecule has 3 aliphatic carbocycles. The van der Waals surface area contributed by atoms with Gasteiger partial charge >= 0.3 is 0 Å². The van der Waals surface area contributed by atoms with Crippen molar-refractivity contribution in [2.45, 2.75) is 102 Å². The first-order valence-electron chi connectivity index (χ1n) is 13.7. The van der Waals surface area contributed by atoms with E-state index in [1.165, 1.54) is 12.8 Å². The molecule has 2 heterocycles. The first-order valence-corrected chi connectivity index (χ1v) is 18.6. The van der Waals surface area contributed by atoms with Crippen LogP contribution in [0.2, 0.25) is 24.2 Å². The molecule has 10 unspecified atom stereocenters. The van der Waals surface area contributed by atoms with Crippen LogP contribution < -0.4 is 0 Å². The third-order valence-electron chi connectivity index (χ3n) is 10.9. The second kappa shape index (κ2) is 8.51. The summed E-state index contributed by atoms with van der Waals surface area (Å²) in [5.41, 5.74) is 2.00. The number of hydrogen-bond acceptors (Lipinski definition) is 2. The van der Waals surface area contributed by atoms with Crippen LogP contribution in [0.15, 0.2) is 22.0 Å². The molecule has 0 saturated heterocycles. The lowest BCUT2D eigenvalue weighted by atomic mass is 9.63. The third kappa shape index (κ3) is 3.69. The van der Waals surface area contributed by atoms with E-state index in [2.05, 4.69) is 97.2 Å². The van der Waals surface area contributed by atoms with Gasteiger partial charge in [-0.2, -0.15) is 0 Å². The minimum Gasteiger partial charge on any atom is -0.127 e. The van der Waals surface area contributed by atoms with E-state index >= 15 is 0 Å². The summed E-state index contributed by atoms with van der Waals surface area (Å²) in [6.07, 6.45) is 9.94. The fourth-order valence-corrected chi connectivity index (χ4v) is 20.8. The van der Waals surface area contributed by atoms with Gasteiger partial charge in [-0.15, -0.1) is 23.5 Å². The minimum atomic E-state index is -1.48. The zero-order valence-electron chi connectivity index (χ0n) is 22.1. The lowest BCUT2D eigenvalue weighted by molar-refractivity contribution is 0.0729. The van der Waals surface area contributed by atoms with Crippen LogP contribution in [0.5, 0.6) is 0 Å². The van der Waals surface area contributed by atoms with Crippen LogP contribution in [0.25, 0.3) is 0 Å². The third-order valence-corrected chi connectivity index (χ3v) is 19.3. The van der Waals surface area contributed by atoms with Crippen LogP contribution in [0.4, 0.5) is 0 Å². The van der Waals surface area contributed by atoms with Crippen molar-refractivity contribution in [3.8, 4) is 0 Å². The van der Waals surface area contributed by atoms with Crippen LogP contribution in [0.1, 0.15) is 67.7 Å². The van der Waals surface area contributed by atoms with Crippen molar-refractivity contribution in [3.05, 3.63) is 22.0 Å². The molecule has 10 atom stereocenters. The number of rotatable bonds is 4. The zero-order valence-corrected chi connectivity index (χ0v) is 24.7. The van der Waals surface area contributed by atoms with Gasteiger partial charge in [-0.3, -0.25) is 0 Å². The Kier molecular flexibility index (Phi) is 6.41. The lowest BCUT2D eigenvalue weighted by Gasteiger charge is -2.49. The van der Waals surface area contributed by atoms with E-state index in [-0.39, 0.29) is 0 Å². The quantitative estimate of drug-likeness (QED) is 0.361. The highest BCUT2D eigenvalue weighted by atomic mass is 32.2. The van der Waals surface area contributed by atoms with Gasteiger partial charge in [-0.05, 0) is 107 Å². The molecular formula is C29H48S2Si. The summed E-state index contributed by atoms with van der Waals surface area (Å²) in [6.45, 7) is 23.3. The fourth-order valence-electron chi connectivity index (χ4n) is 9.76. The van der Waals surface area contributed by atoms with Gasteiger partial charge in [0.2, 0.25) is 0 Å². The monoisotopic (exact) mass is 488 g/mol. The number of hydrogen-bond donors (Lipinski definition) is 0. The van der Waals surface area contributed by atoms with Crippen LogP contribution in [-0.2, 0) is 0 Å². The maximum atomic E-state index is 2.87. The standard InChI is InChI=1S/C29H48S2Si/c1-15(2)20-13-21(16(3)4)22-10-17(5)28(25(22)14-20)32(8,9)29-26-23(11-18(6)30-26)24-12-19(7)31-27(24)29/h11-12,15-17,20-29H,10,13-14H2,1-9H3. The molecule has 32 heavy (non-hydrogen) atoms. The normalized spacial score (nSPS) is 48.2. The predicted octanol–water partition coefficient (Wildman–Crippen LogP) is 9.33. The van der Waals surface area contributed by atoms with Gasteiger partial charge in [0.1, 0.15) is 0 Å². The van der Waals surface area contributed by atoms with Crippen molar-refractivity contribution in [1.29, 1.82) is 0 Å². The lowest BCUT2D eigenvalue weighted by Crippen LogP contribution is -2.49. The maximum absolute atomic E-state index is 2.87. The summed E-state index contributed by atoms with van der Waals surface area (Å²) in [5, 5.41) is 1.75. The van der Waals surface area contributed by atoms with Crippen molar-refractivity contribution >= 4 is 31.6 Å². The van der Waals surface area contributed by atoms with E-state index < -0.39 is 8.07 Å². The molecule has 0 aromatic rings. The minimum absolute atomic E-state index is 0.817. The summed E-state index contributed by atoms with van der Waals surface area (Å²) in [6, 6.07) is 0. The van der Waals surface area contributed by atoms with Crippen molar-refractivity contribution in [3.63, 3.8) is 0 Å². The molecule has 5 rings (SSSR count). The molecule has 3 heteroatoms. The molecule has 0 radical (unpaired) electrons. The summed E-state index contributed by atoms with van der Waals surface area (Å²) in [7, 11) is -1.48. The highest BCUT2D eigenvalue weighted by Gasteiger charge is 2.63. The molecule has 3 fully saturated rings. The second-order valence-electron chi connectivity index (χ2n) is 13.7. The molecule has 0 bridgehead atoms. The Morgan fingerprint density at radius 3 is 1.84 bits per heavy atom. The Morgan fingerprint density at radius 1 is 0.781 bits per heavy atom. The van der Waals surface area contributed by atoms with Crippen molar-refractivity contribution in [2.24, 2.45) is 53.3 Å². The first-order chi connectivity index (χ1) is 15.0. The Labute approximate surface area is 208 Å². The van der Waals surface area contributed by atoms with Gasteiger partial charge in [-0.25, -0.2) is 0 Å². The SMILES string of the molecule is CC1=CC2C3C=C(C)SC3C([Si](C)(C)C3C(C)CC4C(C(C)C)CC(C(C)C)CC43)C2S1. The molecule has 180 valence electrons. The van der Waals surface area contributed by atoms with Crippen molar-refractivity contribution in [1.82, 2.24) is 0 Å². The molecule has 0 N–H and O–H groups in total. The highest BCUT2D eigenvalue weighted by molar-refractivity contribution is 8.05. The predicted molar refractivity (Wildman–Crippen MR) is 149 cm³/mol. The average Bonchev–Trinajstić information content (AvgIpc) is 3.39. The number of fused-ring (bicyclic) bond motifs is 4. The van der Waals surface area contributed by atoms with Crippen LogP contribution in [-0.4, -0.2) is 18.6 Å². The Bertz CT molecular complexity index is 763. The molecule has 0 aromatic heterocycles. The van der Waals surface area contributed by atoms with E-state index in [0.29, 0.717) is 0 Å². The molecule has 0 spiro atoms. The van der Waals surface area contributed by atoms with Gasteiger partial charge in [-0.1, -0.05) is 59.9 Å². The Hall–Kier alpha value is 0.397. The molecule has 0 amide bonds. The van der Waals surface area contributed by atoms with Gasteiger partial charge in [0.15, 0.2) is 0 Å². The molecule has 0 nitrogen and oxygen atoms in total. The van der Waals surface area contributed by atoms with Gasteiger partial charge < -0.3 is 0 Å². The molecule has 2 aliphatic heterocycles. The first kappa shape index (κ1) is 24.1.